The van der Waals surface area contributed by atoms with Crippen LogP contribution in [0.1, 0.15) is 13.8 Å². The summed E-state index contributed by atoms with van der Waals surface area (Å²) in [6.07, 6.45) is 0. The van der Waals surface area contributed by atoms with Gasteiger partial charge < -0.3 is 5.32 Å². The second-order valence-corrected chi connectivity index (χ2v) is 5.67. The highest BCUT2D eigenvalue weighted by Crippen LogP contribution is 2.13. The van der Waals surface area contributed by atoms with Crippen LogP contribution in [0.5, 0.6) is 0 Å². The molecule has 0 unspecified atom stereocenters. The van der Waals surface area contributed by atoms with E-state index in [1.807, 2.05) is 20.9 Å². The van der Waals surface area contributed by atoms with Gasteiger partial charge in [-0.05, 0) is 30.2 Å². The second-order valence-electron chi connectivity index (χ2n) is 4.18. The van der Waals surface area contributed by atoms with Crippen LogP contribution in [0.3, 0.4) is 0 Å². The maximum atomic E-state index is 11.6. The molecule has 6 heteroatoms. The van der Waals surface area contributed by atoms with Crippen LogP contribution in [-0.4, -0.2) is 22.0 Å². The number of hydrogen-bond donors (Lipinski definition) is 3. The molecule has 0 radical (unpaired) electrons. The Balaban J connectivity index is 2.63. The zero-order chi connectivity index (χ0) is 12.9. The molecule has 0 heterocycles. The summed E-state index contributed by atoms with van der Waals surface area (Å²) in [6.45, 7) is 4.32. The number of hydrogen-bond acceptors (Lipinski definition) is 3. The third-order valence-electron chi connectivity index (χ3n) is 2.11. The fourth-order valence-electron chi connectivity index (χ4n) is 1.17. The van der Waals surface area contributed by atoms with Gasteiger partial charge in [0.1, 0.15) is 0 Å². The molecule has 3 N–H and O–H groups in total. The molecule has 0 amide bonds. The van der Waals surface area contributed by atoms with Crippen molar-refractivity contribution in [1.29, 1.82) is 0 Å². The fourth-order valence-corrected chi connectivity index (χ4v) is 2.24. The largest absolute Gasteiger partial charge is 0.388 e. The minimum Gasteiger partial charge on any atom is -0.388 e. The van der Waals surface area contributed by atoms with Crippen LogP contribution in [0.25, 0.3) is 0 Å². The van der Waals surface area contributed by atoms with Crippen LogP contribution in [0, 0.1) is 5.92 Å². The van der Waals surface area contributed by atoms with Crippen LogP contribution < -0.4 is 14.8 Å². The van der Waals surface area contributed by atoms with Gasteiger partial charge in [0, 0.05) is 25.0 Å². The Kier molecular flexibility index (Phi) is 4.77. The molecule has 0 aromatic heterocycles. The maximum Gasteiger partial charge on any atom is 0.299 e. The average Bonchev–Trinajstić information content (AvgIpc) is 2.27. The fraction of sp³-hybridized carbons (Fsp3) is 0.455. The van der Waals surface area contributed by atoms with E-state index in [2.05, 4.69) is 14.8 Å². The molecule has 1 aromatic carbocycles. The lowest BCUT2D eigenvalue weighted by Crippen LogP contribution is -2.32. The van der Waals surface area contributed by atoms with Crippen molar-refractivity contribution in [3.8, 4) is 0 Å². The first-order valence-electron chi connectivity index (χ1n) is 5.48. The maximum absolute atomic E-state index is 11.6. The van der Waals surface area contributed by atoms with Crippen molar-refractivity contribution >= 4 is 21.6 Å². The van der Waals surface area contributed by atoms with Crippen molar-refractivity contribution < 1.29 is 8.42 Å². The highest BCUT2D eigenvalue weighted by Gasteiger charge is 2.09. The number of rotatable bonds is 6. The molecule has 1 aromatic rings. The third kappa shape index (κ3) is 5.06. The third-order valence-corrected chi connectivity index (χ3v) is 3.16. The summed E-state index contributed by atoms with van der Waals surface area (Å²) >= 11 is 0. The van der Waals surface area contributed by atoms with Crippen molar-refractivity contribution in [2.24, 2.45) is 5.92 Å². The molecule has 0 bridgehead atoms. The summed E-state index contributed by atoms with van der Waals surface area (Å²) in [4.78, 5) is 0. The molecule has 0 aliphatic rings. The van der Waals surface area contributed by atoms with Crippen molar-refractivity contribution in [2.75, 3.05) is 23.6 Å². The smallest absolute Gasteiger partial charge is 0.299 e. The Hall–Kier alpha value is -1.27. The summed E-state index contributed by atoms with van der Waals surface area (Å²) in [6, 6.07) is 7.03. The van der Waals surface area contributed by atoms with Gasteiger partial charge in [-0.25, -0.2) is 0 Å². The number of benzene rings is 1. The van der Waals surface area contributed by atoms with Crippen LogP contribution in [0.2, 0.25) is 0 Å². The van der Waals surface area contributed by atoms with E-state index in [9.17, 15) is 8.42 Å². The molecule has 0 saturated carbocycles. The van der Waals surface area contributed by atoms with Crippen molar-refractivity contribution in [2.45, 2.75) is 13.8 Å². The van der Waals surface area contributed by atoms with Gasteiger partial charge in [0.2, 0.25) is 0 Å². The number of anilines is 2. The monoisotopic (exact) mass is 257 g/mol. The molecule has 0 aliphatic heterocycles. The van der Waals surface area contributed by atoms with Crippen LogP contribution in [-0.2, 0) is 10.2 Å². The second kappa shape index (κ2) is 5.88. The van der Waals surface area contributed by atoms with Gasteiger partial charge in [-0.15, -0.1) is 0 Å². The molecule has 0 saturated heterocycles. The SMILES string of the molecule is CNc1ccc(NS(=O)(=O)NCC(C)C)cc1. The zero-order valence-electron chi connectivity index (χ0n) is 10.3. The lowest BCUT2D eigenvalue weighted by Gasteiger charge is -2.11. The van der Waals surface area contributed by atoms with Crippen molar-refractivity contribution in [3.05, 3.63) is 24.3 Å². The minimum absolute atomic E-state index is 0.276. The Morgan fingerprint density at radius 2 is 1.65 bits per heavy atom. The Labute approximate surface area is 103 Å². The zero-order valence-corrected chi connectivity index (χ0v) is 11.1. The Morgan fingerprint density at radius 3 is 2.12 bits per heavy atom. The van der Waals surface area contributed by atoms with Gasteiger partial charge in [-0.3, -0.25) is 4.72 Å². The van der Waals surface area contributed by atoms with Crippen LogP contribution in [0.4, 0.5) is 11.4 Å². The number of nitrogens with one attached hydrogen (secondary N) is 3. The molecule has 0 spiro atoms. The first kappa shape index (κ1) is 13.8. The summed E-state index contributed by atoms with van der Waals surface area (Å²) in [5.41, 5.74) is 1.48. The molecule has 1 rings (SSSR count). The molecule has 17 heavy (non-hydrogen) atoms. The quantitative estimate of drug-likeness (QED) is 0.725. The van der Waals surface area contributed by atoms with E-state index in [0.29, 0.717) is 12.2 Å². The van der Waals surface area contributed by atoms with Gasteiger partial charge in [-0.2, -0.15) is 13.1 Å². The van der Waals surface area contributed by atoms with Crippen LogP contribution in [0.15, 0.2) is 24.3 Å². The highest BCUT2D eigenvalue weighted by atomic mass is 32.2. The van der Waals surface area contributed by atoms with E-state index in [0.717, 1.165) is 5.69 Å². The van der Waals surface area contributed by atoms with E-state index in [1.165, 1.54) is 0 Å². The van der Waals surface area contributed by atoms with Crippen molar-refractivity contribution in [3.63, 3.8) is 0 Å². The van der Waals surface area contributed by atoms with E-state index in [1.54, 1.807) is 24.3 Å². The van der Waals surface area contributed by atoms with Gasteiger partial charge in [0.25, 0.3) is 10.2 Å². The molecule has 0 atom stereocenters. The summed E-state index contributed by atoms with van der Waals surface area (Å²) < 4.78 is 28.2. The molecule has 5 nitrogen and oxygen atoms in total. The van der Waals surface area contributed by atoms with Gasteiger partial charge >= 0.3 is 0 Å². The molecule has 0 fully saturated rings. The molecule has 96 valence electrons. The first-order valence-corrected chi connectivity index (χ1v) is 6.96. The summed E-state index contributed by atoms with van der Waals surface area (Å²) in [5.74, 6) is 0.276. The van der Waals surface area contributed by atoms with E-state index in [4.69, 9.17) is 0 Å². The molecular formula is C11H19N3O2S. The standard InChI is InChI=1S/C11H19N3O2S/c1-9(2)8-13-17(15,16)14-11-6-4-10(12-3)5-7-11/h4-7,9,12-14H,8H2,1-3H3. The molecule has 0 aliphatic carbocycles. The average molecular weight is 257 g/mol. The van der Waals surface area contributed by atoms with Gasteiger partial charge in [0.05, 0.1) is 0 Å². The Morgan fingerprint density at radius 1 is 1.12 bits per heavy atom. The van der Waals surface area contributed by atoms with Gasteiger partial charge in [0.15, 0.2) is 0 Å². The van der Waals surface area contributed by atoms with Crippen molar-refractivity contribution in [1.82, 2.24) is 4.72 Å². The van der Waals surface area contributed by atoms with E-state index in [-0.39, 0.29) is 5.92 Å². The van der Waals surface area contributed by atoms with E-state index < -0.39 is 10.2 Å². The normalized spacial score (nSPS) is 11.5. The lowest BCUT2D eigenvalue weighted by molar-refractivity contribution is 0.565. The first-order chi connectivity index (χ1) is 7.93. The summed E-state index contributed by atoms with van der Waals surface area (Å²) in [7, 11) is -1.66. The van der Waals surface area contributed by atoms with E-state index >= 15 is 0 Å². The highest BCUT2D eigenvalue weighted by molar-refractivity contribution is 7.90. The predicted molar refractivity (Wildman–Crippen MR) is 71.4 cm³/mol. The van der Waals surface area contributed by atoms with Gasteiger partial charge in [-0.1, -0.05) is 13.8 Å². The van der Waals surface area contributed by atoms with Crippen LogP contribution >= 0.6 is 0 Å². The summed E-state index contributed by atoms with van der Waals surface area (Å²) in [5, 5.41) is 2.96. The topological polar surface area (TPSA) is 70.2 Å². The lowest BCUT2D eigenvalue weighted by atomic mass is 10.2. The Bertz CT molecular complexity index is 440. The predicted octanol–water partition coefficient (Wildman–Crippen LogP) is 1.63. The minimum atomic E-state index is -3.47. The molecular weight excluding hydrogens is 238 g/mol.